The Hall–Kier alpha value is -3.12. The maximum atomic E-state index is 12.0. The van der Waals surface area contributed by atoms with Gasteiger partial charge in [0.05, 0.1) is 22.5 Å². The van der Waals surface area contributed by atoms with Crippen LogP contribution in [0.4, 0.5) is 0 Å². The largest absolute Gasteiger partial charge is 0.361 e. The van der Waals surface area contributed by atoms with Crippen LogP contribution in [0.25, 0.3) is 21.8 Å². The van der Waals surface area contributed by atoms with Crippen molar-refractivity contribution in [3.8, 4) is 0 Å². The van der Waals surface area contributed by atoms with Crippen LogP contribution in [0.3, 0.4) is 0 Å². The number of para-hydroxylation sites is 2. The van der Waals surface area contributed by atoms with E-state index < -0.39 is 0 Å². The molecule has 26 heavy (non-hydrogen) atoms. The fourth-order valence-electron chi connectivity index (χ4n) is 2.67. The van der Waals surface area contributed by atoms with Crippen LogP contribution in [0.2, 0.25) is 0 Å². The predicted molar refractivity (Wildman–Crippen MR) is 107 cm³/mol. The van der Waals surface area contributed by atoms with Crippen LogP contribution in [0.1, 0.15) is 5.56 Å². The maximum absolute atomic E-state index is 12.0. The molecule has 0 atom stereocenters. The van der Waals surface area contributed by atoms with E-state index in [0.29, 0.717) is 0 Å². The summed E-state index contributed by atoms with van der Waals surface area (Å²) in [4.78, 5) is 19.7. The van der Waals surface area contributed by atoms with E-state index in [4.69, 9.17) is 0 Å². The molecule has 5 nitrogen and oxygen atoms in total. The number of amides is 1. The lowest BCUT2D eigenvalue weighted by Crippen LogP contribution is -2.19. The van der Waals surface area contributed by atoms with Crippen LogP contribution >= 0.6 is 11.8 Å². The molecule has 2 heterocycles. The highest BCUT2D eigenvalue weighted by Gasteiger charge is 2.04. The van der Waals surface area contributed by atoms with E-state index in [1.807, 2.05) is 66.9 Å². The molecule has 0 aliphatic carbocycles. The molecule has 0 unspecified atom stereocenters. The summed E-state index contributed by atoms with van der Waals surface area (Å²) in [5.74, 6) is 0.0948. The maximum Gasteiger partial charge on any atom is 0.250 e. The van der Waals surface area contributed by atoms with Crippen LogP contribution in [-0.4, -0.2) is 27.8 Å². The van der Waals surface area contributed by atoms with Gasteiger partial charge in [0.25, 0.3) is 0 Å². The number of rotatable bonds is 5. The van der Waals surface area contributed by atoms with Gasteiger partial charge in [0.2, 0.25) is 5.91 Å². The first-order valence-corrected chi connectivity index (χ1v) is 9.15. The van der Waals surface area contributed by atoms with E-state index in [1.54, 1.807) is 6.21 Å². The van der Waals surface area contributed by atoms with Crippen molar-refractivity contribution in [1.82, 2.24) is 15.4 Å². The molecular formula is C20H16N4OS. The van der Waals surface area contributed by atoms with Gasteiger partial charge in [-0.15, -0.1) is 0 Å². The van der Waals surface area contributed by atoms with E-state index in [9.17, 15) is 4.79 Å². The second kappa shape index (κ2) is 7.41. The van der Waals surface area contributed by atoms with E-state index in [0.717, 1.165) is 32.4 Å². The second-order valence-electron chi connectivity index (χ2n) is 5.71. The number of hydrogen-bond acceptors (Lipinski definition) is 4. The predicted octanol–water partition coefficient (Wildman–Crippen LogP) is 3.96. The minimum Gasteiger partial charge on any atom is -0.361 e. The molecule has 4 aromatic rings. The van der Waals surface area contributed by atoms with Gasteiger partial charge < -0.3 is 4.98 Å². The second-order valence-corrected chi connectivity index (χ2v) is 6.71. The van der Waals surface area contributed by atoms with Crippen LogP contribution in [-0.2, 0) is 4.79 Å². The van der Waals surface area contributed by atoms with Crippen molar-refractivity contribution in [2.45, 2.75) is 5.03 Å². The summed E-state index contributed by atoms with van der Waals surface area (Å²) in [7, 11) is 0. The highest BCUT2D eigenvalue weighted by Crippen LogP contribution is 2.19. The molecule has 0 spiro atoms. The first-order valence-electron chi connectivity index (χ1n) is 8.16. The highest BCUT2D eigenvalue weighted by atomic mass is 32.2. The summed E-state index contributed by atoms with van der Waals surface area (Å²) >= 11 is 1.39. The lowest BCUT2D eigenvalue weighted by Gasteiger charge is -2.02. The summed E-state index contributed by atoms with van der Waals surface area (Å²) < 4.78 is 0. The van der Waals surface area contributed by atoms with Gasteiger partial charge in [-0.2, -0.15) is 5.10 Å². The van der Waals surface area contributed by atoms with Crippen LogP contribution in [0.15, 0.2) is 77.0 Å². The average molecular weight is 360 g/mol. The van der Waals surface area contributed by atoms with Gasteiger partial charge in [-0.05, 0) is 18.2 Å². The summed E-state index contributed by atoms with van der Waals surface area (Å²) in [6.07, 6.45) is 3.52. The molecule has 0 aliphatic rings. The standard InChI is InChI=1S/C20H16N4OS/c25-19(13-26-20-10-9-14-5-1-3-7-17(14)23-20)24-22-12-15-11-21-18-8-4-2-6-16(15)18/h1-12,21H,13H2,(H,24,25)/b22-12+. The van der Waals surface area contributed by atoms with Crippen molar-refractivity contribution in [3.05, 3.63) is 72.4 Å². The lowest BCUT2D eigenvalue weighted by atomic mass is 10.2. The van der Waals surface area contributed by atoms with Crippen molar-refractivity contribution in [1.29, 1.82) is 0 Å². The third-order valence-corrected chi connectivity index (χ3v) is 4.87. The fraction of sp³-hybridized carbons (Fsp3) is 0.0500. The van der Waals surface area contributed by atoms with Gasteiger partial charge in [-0.25, -0.2) is 10.4 Å². The minimum atomic E-state index is -0.166. The molecule has 0 bridgehead atoms. The Balaban J connectivity index is 1.34. The Kier molecular flexibility index (Phi) is 4.66. The molecule has 0 fully saturated rings. The molecule has 128 valence electrons. The quantitative estimate of drug-likeness (QED) is 0.321. The Morgan fingerprint density at radius 2 is 1.96 bits per heavy atom. The molecule has 2 aromatic carbocycles. The van der Waals surface area contributed by atoms with Gasteiger partial charge >= 0.3 is 0 Å². The Morgan fingerprint density at radius 1 is 1.12 bits per heavy atom. The minimum absolute atomic E-state index is 0.166. The molecule has 0 radical (unpaired) electrons. The number of aromatic amines is 1. The van der Waals surface area contributed by atoms with Crippen molar-refractivity contribution < 1.29 is 4.79 Å². The van der Waals surface area contributed by atoms with Gasteiger partial charge in [0, 0.05) is 28.0 Å². The van der Waals surface area contributed by atoms with Gasteiger partial charge in [-0.1, -0.05) is 54.2 Å². The Labute approximate surface area is 154 Å². The number of nitrogens with zero attached hydrogens (tertiary/aromatic N) is 2. The number of pyridine rings is 1. The van der Waals surface area contributed by atoms with Gasteiger partial charge in [0.1, 0.15) is 0 Å². The third kappa shape index (κ3) is 3.60. The van der Waals surface area contributed by atoms with Crippen LogP contribution in [0.5, 0.6) is 0 Å². The van der Waals surface area contributed by atoms with Crippen LogP contribution < -0.4 is 5.43 Å². The zero-order valence-corrected chi connectivity index (χ0v) is 14.7. The highest BCUT2D eigenvalue weighted by molar-refractivity contribution is 7.99. The number of aromatic nitrogens is 2. The van der Waals surface area contributed by atoms with E-state index in [2.05, 4.69) is 20.5 Å². The SMILES string of the molecule is O=C(CSc1ccc2ccccc2n1)N/N=C/c1c[nH]c2ccccc12. The van der Waals surface area contributed by atoms with Crippen molar-refractivity contribution in [2.24, 2.45) is 5.10 Å². The zero-order valence-electron chi connectivity index (χ0n) is 13.8. The number of carbonyl (C=O) groups excluding carboxylic acids is 1. The molecular weight excluding hydrogens is 344 g/mol. The lowest BCUT2D eigenvalue weighted by molar-refractivity contribution is -0.118. The Morgan fingerprint density at radius 3 is 2.92 bits per heavy atom. The number of H-pyrrole nitrogens is 1. The van der Waals surface area contributed by atoms with Gasteiger partial charge in [-0.3, -0.25) is 4.79 Å². The first-order chi connectivity index (χ1) is 12.8. The number of benzene rings is 2. The smallest absolute Gasteiger partial charge is 0.250 e. The number of carbonyl (C=O) groups is 1. The Bertz CT molecular complexity index is 1100. The van der Waals surface area contributed by atoms with Crippen molar-refractivity contribution >= 4 is 45.7 Å². The number of nitrogens with one attached hydrogen (secondary N) is 2. The first kappa shape index (κ1) is 16.4. The average Bonchev–Trinajstić information content (AvgIpc) is 3.09. The molecule has 0 saturated carbocycles. The van der Waals surface area contributed by atoms with Crippen molar-refractivity contribution in [2.75, 3.05) is 5.75 Å². The van der Waals surface area contributed by atoms with E-state index >= 15 is 0 Å². The van der Waals surface area contributed by atoms with Crippen molar-refractivity contribution in [3.63, 3.8) is 0 Å². The topological polar surface area (TPSA) is 70.1 Å². The summed E-state index contributed by atoms with van der Waals surface area (Å²) in [6.45, 7) is 0. The van der Waals surface area contributed by atoms with Gasteiger partial charge in [0.15, 0.2) is 0 Å². The summed E-state index contributed by atoms with van der Waals surface area (Å²) in [6, 6.07) is 19.8. The van der Waals surface area contributed by atoms with E-state index in [1.165, 1.54) is 11.8 Å². The zero-order chi connectivity index (χ0) is 17.8. The summed E-state index contributed by atoms with van der Waals surface area (Å²) in [5, 5.41) is 7.02. The number of thioether (sulfide) groups is 1. The molecule has 2 aromatic heterocycles. The summed E-state index contributed by atoms with van der Waals surface area (Å²) in [5.41, 5.74) is 5.46. The van der Waals surface area contributed by atoms with E-state index in [-0.39, 0.29) is 11.7 Å². The number of fused-ring (bicyclic) bond motifs is 2. The fourth-order valence-corrected chi connectivity index (χ4v) is 3.34. The molecule has 1 amide bonds. The molecule has 2 N–H and O–H groups in total. The molecule has 4 rings (SSSR count). The number of hydrazone groups is 1. The third-order valence-electron chi connectivity index (χ3n) is 3.94. The number of hydrogen-bond donors (Lipinski definition) is 2. The molecule has 6 heteroatoms. The molecule has 0 aliphatic heterocycles. The monoisotopic (exact) mass is 360 g/mol. The normalized spacial score (nSPS) is 11.4. The molecule has 0 saturated heterocycles. The van der Waals surface area contributed by atoms with Crippen LogP contribution in [0, 0.1) is 0 Å².